The number of nitrogens with one attached hydrogen (secondary N) is 1. The van der Waals surface area contributed by atoms with E-state index in [1.54, 1.807) is 0 Å². The maximum Gasteiger partial charge on any atom is 0.220 e. The third-order valence-corrected chi connectivity index (χ3v) is 4.29. The van der Waals surface area contributed by atoms with Crippen molar-refractivity contribution in [3.63, 3.8) is 0 Å². The van der Waals surface area contributed by atoms with E-state index in [0.717, 1.165) is 38.0 Å². The first-order chi connectivity index (χ1) is 10.6. The lowest BCUT2D eigenvalue weighted by atomic mass is 9.96. The van der Waals surface area contributed by atoms with Gasteiger partial charge in [0.15, 0.2) is 0 Å². The maximum atomic E-state index is 12.0. The number of ether oxygens (including phenoxy) is 1. The second-order valence-corrected chi connectivity index (χ2v) is 6.24. The molecule has 1 aromatic carbocycles. The molecule has 1 heterocycles. The zero-order valence-electron chi connectivity index (χ0n) is 13.3. The molecule has 1 aliphatic heterocycles. The van der Waals surface area contributed by atoms with Crippen LogP contribution in [0.2, 0.25) is 0 Å². The number of aliphatic hydroxyl groups is 1. The molecule has 1 saturated heterocycles. The Morgan fingerprint density at radius 2 is 2.18 bits per heavy atom. The molecule has 1 fully saturated rings. The molecule has 0 radical (unpaired) electrons. The average molecular weight is 305 g/mol. The highest BCUT2D eigenvalue weighted by atomic mass is 16.5. The Bertz CT molecular complexity index is 443. The van der Waals surface area contributed by atoms with Gasteiger partial charge in [0.25, 0.3) is 0 Å². The van der Waals surface area contributed by atoms with E-state index in [2.05, 4.69) is 5.32 Å². The van der Waals surface area contributed by atoms with E-state index < -0.39 is 6.10 Å². The van der Waals surface area contributed by atoms with Crippen molar-refractivity contribution in [2.45, 2.75) is 51.2 Å². The van der Waals surface area contributed by atoms with Gasteiger partial charge < -0.3 is 15.2 Å². The fraction of sp³-hybridized carbons (Fsp3) is 0.611. The second-order valence-electron chi connectivity index (χ2n) is 6.24. The van der Waals surface area contributed by atoms with Crippen molar-refractivity contribution in [2.75, 3.05) is 13.2 Å². The fourth-order valence-electron chi connectivity index (χ4n) is 2.82. The largest absolute Gasteiger partial charge is 0.391 e. The summed E-state index contributed by atoms with van der Waals surface area (Å²) in [7, 11) is 0. The molecule has 1 aliphatic rings. The molecule has 22 heavy (non-hydrogen) atoms. The van der Waals surface area contributed by atoms with Crippen LogP contribution in [0, 0.1) is 5.92 Å². The van der Waals surface area contributed by atoms with Crippen LogP contribution in [0.15, 0.2) is 30.3 Å². The van der Waals surface area contributed by atoms with Gasteiger partial charge in [-0.1, -0.05) is 30.3 Å². The Morgan fingerprint density at radius 3 is 2.86 bits per heavy atom. The van der Waals surface area contributed by atoms with Gasteiger partial charge in [0, 0.05) is 26.1 Å². The number of carbonyl (C=O) groups excluding carboxylic acids is 1. The summed E-state index contributed by atoms with van der Waals surface area (Å²) in [6.45, 7) is 3.49. The number of aliphatic hydroxyl groups excluding tert-OH is 1. The summed E-state index contributed by atoms with van der Waals surface area (Å²) >= 11 is 0. The van der Waals surface area contributed by atoms with Gasteiger partial charge in [-0.3, -0.25) is 4.79 Å². The van der Waals surface area contributed by atoms with Crippen LogP contribution in [0.25, 0.3) is 0 Å². The lowest BCUT2D eigenvalue weighted by molar-refractivity contribution is -0.123. The Kier molecular flexibility index (Phi) is 6.87. The Balaban J connectivity index is 1.68. The second kappa shape index (κ2) is 8.91. The van der Waals surface area contributed by atoms with Gasteiger partial charge in [0.05, 0.1) is 12.1 Å². The summed E-state index contributed by atoms with van der Waals surface area (Å²) in [5.41, 5.74) is 1.08. The minimum Gasteiger partial charge on any atom is -0.391 e. The van der Waals surface area contributed by atoms with Crippen molar-refractivity contribution in [1.82, 2.24) is 5.32 Å². The van der Waals surface area contributed by atoms with Crippen LogP contribution < -0.4 is 5.32 Å². The molecule has 3 unspecified atom stereocenters. The number of carbonyl (C=O) groups is 1. The predicted octanol–water partition coefficient (Wildman–Crippen LogP) is 2.30. The number of hydrogen-bond acceptors (Lipinski definition) is 3. The van der Waals surface area contributed by atoms with Crippen molar-refractivity contribution in [1.29, 1.82) is 0 Å². The van der Waals surface area contributed by atoms with Crippen LogP contribution in [0.4, 0.5) is 0 Å². The minimum absolute atomic E-state index is 0.0187. The molecule has 2 N–H and O–H groups in total. The molecule has 0 aliphatic carbocycles. The summed E-state index contributed by atoms with van der Waals surface area (Å²) in [6.07, 6.45) is 3.62. The lowest BCUT2D eigenvalue weighted by Crippen LogP contribution is -2.42. The first-order valence-corrected chi connectivity index (χ1v) is 8.24. The van der Waals surface area contributed by atoms with Gasteiger partial charge in [0.2, 0.25) is 5.91 Å². The van der Waals surface area contributed by atoms with Gasteiger partial charge in [-0.2, -0.15) is 0 Å². The quantitative estimate of drug-likeness (QED) is 0.812. The van der Waals surface area contributed by atoms with Crippen LogP contribution in [0.1, 0.15) is 38.2 Å². The first-order valence-electron chi connectivity index (χ1n) is 8.24. The normalized spacial score (nSPS) is 21.1. The SMILES string of the molecule is CC(NC(=O)CCC1CCCOC1)C(O)Cc1ccccc1. The van der Waals surface area contributed by atoms with Crippen molar-refractivity contribution < 1.29 is 14.6 Å². The summed E-state index contributed by atoms with van der Waals surface area (Å²) < 4.78 is 5.43. The molecule has 0 aromatic heterocycles. The van der Waals surface area contributed by atoms with Crippen LogP contribution in [0.5, 0.6) is 0 Å². The van der Waals surface area contributed by atoms with Gasteiger partial charge in [0.1, 0.15) is 0 Å². The van der Waals surface area contributed by atoms with E-state index in [1.807, 2.05) is 37.3 Å². The molecule has 0 bridgehead atoms. The molecular formula is C18H27NO3. The van der Waals surface area contributed by atoms with E-state index >= 15 is 0 Å². The van der Waals surface area contributed by atoms with Crippen LogP contribution in [-0.2, 0) is 16.0 Å². The molecule has 122 valence electrons. The van der Waals surface area contributed by atoms with Gasteiger partial charge in [-0.25, -0.2) is 0 Å². The maximum absolute atomic E-state index is 12.0. The smallest absolute Gasteiger partial charge is 0.220 e. The molecule has 2 rings (SSSR count). The first kappa shape index (κ1) is 17.0. The highest BCUT2D eigenvalue weighted by Gasteiger charge is 2.19. The number of benzene rings is 1. The zero-order valence-corrected chi connectivity index (χ0v) is 13.3. The minimum atomic E-state index is -0.565. The van der Waals surface area contributed by atoms with Gasteiger partial charge >= 0.3 is 0 Å². The molecule has 4 nitrogen and oxygen atoms in total. The molecule has 1 aromatic rings. The van der Waals surface area contributed by atoms with Crippen molar-refractivity contribution >= 4 is 5.91 Å². The Hall–Kier alpha value is -1.39. The van der Waals surface area contributed by atoms with Crippen LogP contribution >= 0.6 is 0 Å². The zero-order chi connectivity index (χ0) is 15.8. The third-order valence-electron chi connectivity index (χ3n) is 4.29. The van der Waals surface area contributed by atoms with E-state index in [-0.39, 0.29) is 11.9 Å². The molecule has 4 heteroatoms. The van der Waals surface area contributed by atoms with E-state index in [1.165, 1.54) is 0 Å². The summed E-state index contributed by atoms with van der Waals surface area (Å²) in [5.74, 6) is 0.522. The molecule has 3 atom stereocenters. The van der Waals surface area contributed by atoms with Gasteiger partial charge in [-0.05, 0) is 37.7 Å². The predicted molar refractivity (Wildman–Crippen MR) is 86.5 cm³/mol. The molecule has 0 spiro atoms. The standard InChI is InChI=1S/C18H27NO3/c1-14(17(20)12-15-6-3-2-4-7-15)19-18(21)10-9-16-8-5-11-22-13-16/h2-4,6-7,14,16-17,20H,5,8-13H2,1H3,(H,19,21). The van der Waals surface area contributed by atoms with E-state index in [9.17, 15) is 9.90 Å². The van der Waals surface area contributed by atoms with Crippen molar-refractivity contribution in [2.24, 2.45) is 5.92 Å². The van der Waals surface area contributed by atoms with Crippen LogP contribution in [0.3, 0.4) is 0 Å². The fourth-order valence-corrected chi connectivity index (χ4v) is 2.82. The third kappa shape index (κ3) is 5.78. The van der Waals surface area contributed by atoms with Crippen LogP contribution in [-0.4, -0.2) is 36.4 Å². The summed E-state index contributed by atoms with van der Waals surface area (Å²) in [6, 6.07) is 9.60. The van der Waals surface area contributed by atoms with Gasteiger partial charge in [-0.15, -0.1) is 0 Å². The highest BCUT2D eigenvalue weighted by molar-refractivity contribution is 5.76. The van der Waals surface area contributed by atoms with Crippen molar-refractivity contribution in [3.05, 3.63) is 35.9 Å². The number of hydrogen-bond donors (Lipinski definition) is 2. The van der Waals surface area contributed by atoms with E-state index in [4.69, 9.17) is 4.74 Å². The molecular weight excluding hydrogens is 278 g/mol. The number of rotatable bonds is 7. The monoisotopic (exact) mass is 305 g/mol. The Morgan fingerprint density at radius 1 is 1.41 bits per heavy atom. The Labute approximate surface area is 132 Å². The lowest BCUT2D eigenvalue weighted by Gasteiger charge is -2.23. The van der Waals surface area contributed by atoms with E-state index in [0.29, 0.717) is 18.8 Å². The average Bonchev–Trinajstić information content (AvgIpc) is 2.55. The molecule has 1 amide bonds. The molecule has 0 saturated carbocycles. The topological polar surface area (TPSA) is 58.6 Å². The number of amides is 1. The summed E-state index contributed by atoms with van der Waals surface area (Å²) in [5, 5.41) is 13.1. The summed E-state index contributed by atoms with van der Waals surface area (Å²) in [4.78, 5) is 12.0. The highest BCUT2D eigenvalue weighted by Crippen LogP contribution is 2.18. The van der Waals surface area contributed by atoms with Crippen molar-refractivity contribution in [3.8, 4) is 0 Å².